The Kier molecular flexibility index (Phi) is 4.07. The number of halogens is 1. The van der Waals surface area contributed by atoms with E-state index in [9.17, 15) is 4.79 Å². The van der Waals surface area contributed by atoms with Gasteiger partial charge in [0.2, 0.25) is 6.79 Å². The molecule has 0 spiro atoms. The average molecular weight is 373 g/mol. The van der Waals surface area contributed by atoms with Gasteiger partial charge in [0, 0.05) is 21.0 Å². The summed E-state index contributed by atoms with van der Waals surface area (Å²) in [4.78, 5) is 17.9. The van der Waals surface area contributed by atoms with Gasteiger partial charge in [-0.25, -0.2) is 4.98 Å². The lowest BCUT2D eigenvalue weighted by Crippen LogP contribution is -2.11. The zero-order valence-electron chi connectivity index (χ0n) is 13.2. The van der Waals surface area contributed by atoms with Crippen molar-refractivity contribution in [3.8, 4) is 22.8 Å². The number of nitrogens with one attached hydrogen (secondary N) is 1. The molecule has 0 radical (unpaired) electrons. The monoisotopic (exact) mass is 372 g/mol. The number of fused-ring (bicyclic) bond motifs is 1. The Labute approximate surface area is 153 Å². The van der Waals surface area contributed by atoms with E-state index < -0.39 is 0 Å². The van der Waals surface area contributed by atoms with Crippen molar-refractivity contribution < 1.29 is 14.3 Å². The minimum Gasteiger partial charge on any atom is -0.454 e. The van der Waals surface area contributed by atoms with Crippen LogP contribution in [0.5, 0.6) is 11.5 Å². The Bertz CT molecular complexity index is 953. The number of nitrogens with zero attached hydrogens (tertiary/aromatic N) is 1. The number of carbonyl (C=O) groups excluding carboxylic acids is 1. The molecule has 7 heteroatoms. The van der Waals surface area contributed by atoms with E-state index in [2.05, 4.69) is 10.3 Å². The first kappa shape index (κ1) is 15.9. The van der Waals surface area contributed by atoms with Crippen LogP contribution in [-0.2, 0) is 0 Å². The lowest BCUT2D eigenvalue weighted by atomic mass is 10.1. The average Bonchev–Trinajstić information content (AvgIpc) is 3.21. The predicted molar refractivity (Wildman–Crippen MR) is 97.8 cm³/mol. The largest absolute Gasteiger partial charge is 0.454 e. The third-order valence-corrected chi connectivity index (χ3v) is 4.91. The number of hydrogen-bond donors (Lipinski definition) is 1. The summed E-state index contributed by atoms with van der Waals surface area (Å²) in [6.07, 6.45) is 0. The molecule has 0 fully saturated rings. The van der Waals surface area contributed by atoms with Gasteiger partial charge in [-0.2, -0.15) is 0 Å². The maximum Gasteiger partial charge on any atom is 0.257 e. The molecule has 1 N–H and O–H groups in total. The second kappa shape index (κ2) is 6.38. The van der Waals surface area contributed by atoms with Crippen LogP contribution >= 0.6 is 22.9 Å². The van der Waals surface area contributed by atoms with Crippen LogP contribution in [0.1, 0.15) is 15.2 Å². The number of carbonyl (C=O) groups is 1. The van der Waals surface area contributed by atoms with E-state index in [1.807, 2.05) is 25.1 Å². The SMILES string of the molecule is Cc1sc(NC(=O)c2ccc(Cl)cc2)nc1-c1ccc2c(c1)OCO2. The zero-order chi connectivity index (χ0) is 17.4. The molecular formula is C18H13ClN2O3S. The third-order valence-electron chi connectivity index (χ3n) is 3.77. The second-order valence-electron chi connectivity index (χ2n) is 5.45. The minimum absolute atomic E-state index is 0.220. The Balaban J connectivity index is 1.58. The van der Waals surface area contributed by atoms with Crippen molar-refractivity contribution in [3.63, 3.8) is 0 Å². The van der Waals surface area contributed by atoms with Crippen LogP contribution in [0.4, 0.5) is 5.13 Å². The molecule has 4 rings (SSSR count). The Morgan fingerprint density at radius 2 is 1.92 bits per heavy atom. The van der Waals surface area contributed by atoms with Crippen LogP contribution in [-0.4, -0.2) is 17.7 Å². The zero-order valence-corrected chi connectivity index (χ0v) is 14.8. The number of thiazole rings is 1. The van der Waals surface area contributed by atoms with Gasteiger partial charge < -0.3 is 9.47 Å². The quantitative estimate of drug-likeness (QED) is 0.720. The lowest BCUT2D eigenvalue weighted by molar-refractivity contribution is 0.102. The van der Waals surface area contributed by atoms with Crippen molar-refractivity contribution in [1.82, 2.24) is 4.98 Å². The summed E-state index contributed by atoms with van der Waals surface area (Å²) >= 11 is 7.28. The summed E-state index contributed by atoms with van der Waals surface area (Å²) in [7, 11) is 0. The highest BCUT2D eigenvalue weighted by Gasteiger charge is 2.17. The molecule has 0 saturated heterocycles. The number of ether oxygens (including phenoxy) is 2. The molecule has 1 aromatic heterocycles. The Morgan fingerprint density at radius 1 is 1.16 bits per heavy atom. The first-order chi connectivity index (χ1) is 12.1. The summed E-state index contributed by atoms with van der Waals surface area (Å²) in [5.41, 5.74) is 2.27. The van der Waals surface area contributed by atoms with Crippen molar-refractivity contribution in [2.75, 3.05) is 12.1 Å². The first-order valence-electron chi connectivity index (χ1n) is 7.54. The summed E-state index contributed by atoms with van der Waals surface area (Å²) in [5, 5.41) is 3.97. The van der Waals surface area contributed by atoms with Gasteiger partial charge in [0.1, 0.15) is 0 Å². The van der Waals surface area contributed by atoms with Crippen LogP contribution in [0, 0.1) is 6.92 Å². The van der Waals surface area contributed by atoms with Gasteiger partial charge in [-0.05, 0) is 49.4 Å². The third kappa shape index (κ3) is 3.18. The van der Waals surface area contributed by atoms with Crippen molar-refractivity contribution in [2.45, 2.75) is 6.92 Å². The van der Waals surface area contributed by atoms with Crippen LogP contribution in [0.3, 0.4) is 0 Å². The first-order valence-corrected chi connectivity index (χ1v) is 8.74. The van der Waals surface area contributed by atoms with E-state index >= 15 is 0 Å². The highest BCUT2D eigenvalue weighted by atomic mass is 35.5. The molecule has 3 aromatic rings. The Morgan fingerprint density at radius 3 is 2.72 bits per heavy atom. The maximum absolute atomic E-state index is 12.3. The van der Waals surface area contributed by atoms with Crippen molar-refractivity contribution in [3.05, 3.63) is 57.9 Å². The van der Waals surface area contributed by atoms with Crippen LogP contribution < -0.4 is 14.8 Å². The van der Waals surface area contributed by atoms with Gasteiger partial charge in [0.25, 0.3) is 5.91 Å². The standard InChI is InChI=1S/C18H13ClN2O3S/c1-10-16(12-4-7-14-15(8-12)24-9-23-14)20-18(25-10)21-17(22)11-2-5-13(19)6-3-11/h2-8H,9H2,1H3,(H,20,21,22). The molecule has 0 unspecified atom stereocenters. The maximum atomic E-state index is 12.3. The van der Waals surface area contributed by atoms with Crippen molar-refractivity contribution >= 4 is 34.0 Å². The fourth-order valence-corrected chi connectivity index (χ4v) is 3.49. The van der Waals surface area contributed by atoms with Gasteiger partial charge in [-0.1, -0.05) is 11.6 Å². The molecule has 0 bridgehead atoms. The molecule has 1 aliphatic heterocycles. The molecule has 1 amide bonds. The molecule has 25 heavy (non-hydrogen) atoms. The molecule has 2 heterocycles. The topological polar surface area (TPSA) is 60.5 Å². The van der Waals surface area contributed by atoms with E-state index in [1.165, 1.54) is 11.3 Å². The van der Waals surface area contributed by atoms with Crippen molar-refractivity contribution in [2.24, 2.45) is 0 Å². The minimum atomic E-state index is -0.220. The van der Waals surface area contributed by atoms with Crippen LogP contribution in [0.15, 0.2) is 42.5 Å². The lowest BCUT2D eigenvalue weighted by Gasteiger charge is -2.02. The molecule has 5 nitrogen and oxygen atoms in total. The molecule has 0 saturated carbocycles. The normalized spacial score (nSPS) is 12.2. The van der Waals surface area contributed by atoms with Gasteiger partial charge in [-0.3, -0.25) is 10.1 Å². The van der Waals surface area contributed by atoms with E-state index in [-0.39, 0.29) is 12.7 Å². The molecular weight excluding hydrogens is 360 g/mol. The molecule has 0 aliphatic carbocycles. The number of hydrogen-bond acceptors (Lipinski definition) is 5. The summed E-state index contributed by atoms with van der Waals surface area (Å²) in [5.74, 6) is 1.22. The number of benzene rings is 2. The fourth-order valence-electron chi connectivity index (χ4n) is 2.53. The van der Waals surface area contributed by atoms with E-state index in [4.69, 9.17) is 21.1 Å². The molecule has 1 aliphatic rings. The van der Waals surface area contributed by atoms with E-state index in [0.29, 0.717) is 21.5 Å². The smallest absolute Gasteiger partial charge is 0.257 e. The molecule has 126 valence electrons. The predicted octanol–water partition coefficient (Wildman–Crippen LogP) is 4.75. The summed E-state index contributed by atoms with van der Waals surface area (Å²) in [6.45, 7) is 2.20. The van der Waals surface area contributed by atoms with E-state index in [0.717, 1.165) is 21.9 Å². The summed E-state index contributed by atoms with van der Waals surface area (Å²) < 4.78 is 10.7. The number of anilines is 1. The molecule has 2 aromatic carbocycles. The van der Waals surface area contributed by atoms with Crippen molar-refractivity contribution in [1.29, 1.82) is 0 Å². The highest BCUT2D eigenvalue weighted by molar-refractivity contribution is 7.16. The van der Waals surface area contributed by atoms with Crippen LogP contribution in [0.2, 0.25) is 5.02 Å². The highest BCUT2D eigenvalue weighted by Crippen LogP contribution is 2.38. The number of amides is 1. The van der Waals surface area contributed by atoms with Gasteiger partial charge in [-0.15, -0.1) is 11.3 Å². The van der Waals surface area contributed by atoms with Crippen LogP contribution in [0.25, 0.3) is 11.3 Å². The van der Waals surface area contributed by atoms with Gasteiger partial charge in [0.15, 0.2) is 16.6 Å². The fraction of sp³-hybridized carbons (Fsp3) is 0.111. The van der Waals surface area contributed by atoms with Gasteiger partial charge in [0.05, 0.1) is 5.69 Å². The number of aromatic nitrogens is 1. The molecule has 0 atom stereocenters. The van der Waals surface area contributed by atoms with Gasteiger partial charge >= 0.3 is 0 Å². The second-order valence-corrected chi connectivity index (χ2v) is 7.09. The Hall–Kier alpha value is -2.57. The summed E-state index contributed by atoms with van der Waals surface area (Å²) in [6, 6.07) is 12.4. The van der Waals surface area contributed by atoms with E-state index in [1.54, 1.807) is 24.3 Å². The number of aryl methyl sites for hydroxylation is 1. The number of rotatable bonds is 3.